The second-order valence-corrected chi connectivity index (χ2v) is 7.76. The number of hydrogen-bond acceptors (Lipinski definition) is 6. The van der Waals surface area contributed by atoms with Crippen molar-refractivity contribution in [2.24, 2.45) is 0 Å². The number of aromatic nitrogens is 1. The maximum Gasteiger partial charge on any atom is 0.258 e. The third-order valence-electron chi connectivity index (χ3n) is 5.51. The molecule has 31 heavy (non-hydrogen) atoms. The highest BCUT2D eigenvalue weighted by molar-refractivity contribution is 6.01. The van der Waals surface area contributed by atoms with Gasteiger partial charge < -0.3 is 25.0 Å². The summed E-state index contributed by atoms with van der Waals surface area (Å²) in [6.45, 7) is 1.37. The smallest absolute Gasteiger partial charge is 0.258 e. The van der Waals surface area contributed by atoms with Gasteiger partial charge in [0.25, 0.3) is 5.91 Å². The number of nitrogens with one attached hydrogen (secondary N) is 2. The predicted octanol–water partition coefficient (Wildman–Crippen LogP) is 2.74. The molecule has 0 radical (unpaired) electrons. The molecule has 8 heteroatoms. The van der Waals surface area contributed by atoms with Crippen molar-refractivity contribution in [3.05, 3.63) is 48.2 Å². The molecule has 1 saturated carbocycles. The Bertz CT molecular complexity index is 914. The van der Waals surface area contributed by atoms with E-state index in [0.29, 0.717) is 49.2 Å². The summed E-state index contributed by atoms with van der Waals surface area (Å²) in [5, 5.41) is 6.27. The molecule has 0 atom stereocenters. The SMILES string of the molecule is O=C(CN1CCOCCOc2ccccc2Nc2ncccc2C1=O)NC1CCCC1. The Morgan fingerprint density at radius 3 is 2.84 bits per heavy atom. The molecule has 2 heterocycles. The fourth-order valence-electron chi connectivity index (χ4n) is 3.93. The number of ether oxygens (including phenoxy) is 2. The van der Waals surface area contributed by atoms with Crippen molar-refractivity contribution in [1.82, 2.24) is 15.2 Å². The van der Waals surface area contributed by atoms with E-state index in [1.54, 1.807) is 18.3 Å². The van der Waals surface area contributed by atoms with Gasteiger partial charge in [0.15, 0.2) is 0 Å². The van der Waals surface area contributed by atoms with Crippen LogP contribution >= 0.6 is 0 Å². The highest BCUT2D eigenvalue weighted by Crippen LogP contribution is 2.28. The van der Waals surface area contributed by atoms with Crippen LogP contribution in [0.2, 0.25) is 0 Å². The van der Waals surface area contributed by atoms with Crippen LogP contribution < -0.4 is 15.4 Å². The molecule has 164 valence electrons. The Kier molecular flexibility index (Phi) is 6.99. The molecule has 1 aromatic heterocycles. The Morgan fingerprint density at radius 2 is 1.97 bits per heavy atom. The number of hydrogen-bond donors (Lipinski definition) is 2. The highest BCUT2D eigenvalue weighted by atomic mass is 16.5. The van der Waals surface area contributed by atoms with Gasteiger partial charge in [-0.3, -0.25) is 9.59 Å². The molecule has 0 bridgehead atoms. The minimum absolute atomic E-state index is 0.0138. The summed E-state index contributed by atoms with van der Waals surface area (Å²) in [5.41, 5.74) is 1.10. The molecule has 2 aromatic rings. The Balaban J connectivity index is 1.57. The van der Waals surface area contributed by atoms with E-state index in [2.05, 4.69) is 15.6 Å². The maximum absolute atomic E-state index is 13.4. The molecular weight excluding hydrogens is 396 g/mol. The van der Waals surface area contributed by atoms with Crippen LogP contribution in [-0.2, 0) is 9.53 Å². The number of carbonyl (C=O) groups is 2. The van der Waals surface area contributed by atoms with Gasteiger partial charge in [-0.1, -0.05) is 25.0 Å². The van der Waals surface area contributed by atoms with Crippen molar-refractivity contribution in [2.75, 3.05) is 38.2 Å². The van der Waals surface area contributed by atoms with Crippen LogP contribution in [0.15, 0.2) is 42.6 Å². The van der Waals surface area contributed by atoms with E-state index in [9.17, 15) is 9.59 Å². The van der Waals surface area contributed by atoms with Gasteiger partial charge in [-0.25, -0.2) is 4.98 Å². The number of para-hydroxylation sites is 2. The first-order valence-electron chi connectivity index (χ1n) is 10.8. The van der Waals surface area contributed by atoms with Crippen LogP contribution in [0.4, 0.5) is 11.5 Å². The van der Waals surface area contributed by atoms with Crippen molar-refractivity contribution in [2.45, 2.75) is 31.7 Å². The monoisotopic (exact) mass is 424 g/mol. The van der Waals surface area contributed by atoms with E-state index < -0.39 is 0 Å². The average molecular weight is 425 g/mol. The van der Waals surface area contributed by atoms with Gasteiger partial charge >= 0.3 is 0 Å². The van der Waals surface area contributed by atoms with E-state index >= 15 is 0 Å². The number of rotatable bonds is 3. The van der Waals surface area contributed by atoms with E-state index in [1.165, 1.54) is 4.90 Å². The molecule has 8 nitrogen and oxygen atoms in total. The van der Waals surface area contributed by atoms with Crippen LogP contribution in [0.25, 0.3) is 0 Å². The van der Waals surface area contributed by atoms with Gasteiger partial charge in [0.05, 0.1) is 31.0 Å². The third kappa shape index (κ3) is 5.52. The first-order chi connectivity index (χ1) is 15.2. The first kappa shape index (κ1) is 21.1. The fraction of sp³-hybridized carbons (Fsp3) is 0.435. The Hall–Kier alpha value is -3.13. The quantitative estimate of drug-likeness (QED) is 0.787. The molecule has 1 aliphatic heterocycles. The van der Waals surface area contributed by atoms with Gasteiger partial charge in [-0.2, -0.15) is 0 Å². The van der Waals surface area contributed by atoms with Gasteiger partial charge in [0.2, 0.25) is 5.91 Å². The average Bonchev–Trinajstić information content (AvgIpc) is 3.29. The van der Waals surface area contributed by atoms with Crippen LogP contribution in [0.3, 0.4) is 0 Å². The summed E-state index contributed by atoms with van der Waals surface area (Å²) >= 11 is 0. The lowest BCUT2D eigenvalue weighted by atomic mass is 10.2. The molecule has 1 aliphatic carbocycles. The van der Waals surface area contributed by atoms with Crippen molar-refractivity contribution in [3.63, 3.8) is 0 Å². The number of nitrogens with zero attached hydrogens (tertiary/aromatic N) is 2. The standard InChI is InChI=1S/C23H28N4O4/c28-21(25-17-6-1-2-7-17)16-27-12-13-30-14-15-31-20-10-4-3-9-19(20)26-22-18(23(27)29)8-5-11-24-22/h3-5,8-11,17H,1-2,6-7,12-16H2,(H,24,26)(H,25,28). The highest BCUT2D eigenvalue weighted by Gasteiger charge is 2.24. The molecular formula is C23H28N4O4. The van der Waals surface area contributed by atoms with Crippen molar-refractivity contribution in [1.29, 1.82) is 0 Å². The molecule has 1 aromatic carbocycles. The first-order valence-corrected chi connectivity index (χ1v) is 10.8. The fourth-order valence-corrected chi connectivity index (χ4v) is 3.93. The minimum Gasteiger partial charge on any atom is -0.489 e. The number of anilines is 2. The molecule has 4 rings (SSSR count). The zero-order valence-electron chi connectivity index (χ0n) is 17.5. The Labute approximate surface area is 181 Å². The van der Waals surface area contributed by atoms with Crippen molar-refractivity contribution in [3.8, 4) is 5.75 Å². The van der Waals surface area contributed by atoms with Crippen LogP contribution in [0.5, 0.6) is 5.75 Å². The lowest BCUT2D eigenvalue weighted by Crippen LogP contribution is -2.44. The second kappa shape index (κ2) is 10.3. The lowest BCUT2D eigenvalue weighted by Gasteiger charge is -2.24. The largest absolute Gasteiger partial charge is 0.489 e. The molecule has 1 fully saturated rings. The number of fused-ring (bicyclic) bond motifs is 2. The summed E-state index contributed by atoms with van der Waals surface area (Å²) in [6.07, 6.45) is 5.89. The number of amides is 2. The van der Waals surface area contributed by atoms with E-state index in [4.69, 9.17) is 9.47 Å². The van der Waals surface area contributed by atoms with Gasteiger partial charge in [-0.05, 0) is 37.1 Å². The van der Waals surface area contributed by atoms with E-state index in [0.717, 1.165) is 25.7 Å². The summed E-state index contributed by atoms with van der Waals surface area (Å²) in [5.74, 6) is 0.669. The zero-order valence-corrected chi connectivity index (χ0v) is 17.5. The normalized spacial score (nSPS) is 17.8. The summed E-state index contributed by atoms with van der Waals surface area (Å²) in [7, 11) is 0. The molecule has 0 unspecified atom stereocenters. The Morgan fingerprint density at radius 1 is 1.13 bits per heavy atom. The van der Waals surface area contributed by atoms with Crippen LogP contribution in [0.1, 0.15) is 36.0 Å². The number of carbonyl (C=O) groups excluding carboxylic acids is 2. The van der Waals surface area contributed by atoms with Gasteiger partial charge in [0, 0.05) is 18.8 Å². The summed E-state index contributed by atoms with van der Waals surface area (Å²) in [6, 6.07) is 11.1. The zero-order chi connectivity index (χ0) is 21.5. The topological polar surface area (TPSA) is 92.8 Å². The molecule has 0 spiro atoms. The molecule has 2 aliphatic rings. The third-order valence-corrected chi connectivity index (χ3v) is 5.51. The number of benzene rings is 1. The van der Waals surface area contributed by atoms with Gasteiger partial charge in [0.1, 0.15) is 18.2 Å². The summed E-state index contributed by atoms with van der Waals surface area (Å²) in [4.78, 5) is 31.9. The van der Waals surface area contributed by atoms with E-state index in [-0.39, 0.29) is 24.4 Å². The lowest BCUT2D eigenvalue weighted by molar-refractivity contribution is -0.122. The molecule has 2 amide bonds. The molecule has 0 saturated heterocycles. The van der Waals surface area contributed by atoms with Crippen molar-refractivity contribution < 1.29 is 19.1 Å². The van der Waals surface area contributed by atoms with Crippen molar-refractivity contribution >= 4 is 23.3 Å². The minimum atomic E-state index is -0.265. The van der Waals surface area contributed by atoms with Crippen LogP contribution in [-0.4, -0.2) is 60.7 Å². The van der Waals surface area contributed by atoms with Crippen LogP contribution in [0, 0.1) is 0 Å². The molecule has 2 N–H and O–H groups in total. The van der Waals surface area contributed by atoms with E-state index in [1.807, 2.05) is 24.3 Å². The van der Waals surface area contributed by atoms with Gasteiger partial charge in [-0.15, -0.1) is 0 Å². The number of pyridine rings is 1. The second-order valence-electron chi connectivity index (χ2n) is 7.76. The maximum atomic E-state index is 13.4. The predicted molar refractivity (Wildman–Crippen MR) is 117 cm³/mol. The summed E-state index contributed by atoms with van der Waals surface area (Å²) < 4.78 is 11.5.